The molecule has 0 aromatic heterocycles. The smallest absolute Gasteiger partial charge is 0.238 e. The molecule has 0 aliphatic heterocycles. The van der Waals surface area contributed by atoms with E-state index >= 15 is 0 Å². The Morgan fingerprint density at radius 1 is 1.24 bits per heavy atom. The van der Waals surface area contributed by atoms with Crippen LogP contribution in [0, 0.1) is 12.7 Å². The summed E-state index contributed by atoms with van der Waals surface area (Å²) in [6.45, 7) is 2.04. The molecule has 0 radical (unpaired) electrons. The Balaban J connectivity index is 2.19. The third kappa shape index (κ3) is 4.03. The molecule has 0 fully saturated rings. The fourth-order valence-corrected chi connectivity index (χ4v) is 2.91. The molecule has 112 valence electrons. The number of sulfonamides is 1. The van der Waals surface area contributed by atoms with Crippen LogP contribution in [0.2, 0.25) is 0 Å². The van der Waals surface area contributed by atoms with Gasteiger partial charge in [-0.2, -0.15) is 0 Å². The lowest BCUT2D eigenvalue weighted by molar-refractivity contribution is 0.302. The lowest BCUT2D eigenvalue weighted by Gasteiger charge is -2.11. The van der Waals surface area contributed by atoms with Gasteiger partial charge in [-0.15, -0.1) is 0 Å². The van der Waals surface area contributed by atoms with E-state index in [9.17, 15) is 12.8 Å². The van der Waals surface area contributed by atoms with Gasteiger partial charge in [-0.05, 0) is 64.3 Å². The second kappa shape index (κ2) is 6.13. The van der Waals surface area contributed by atoms with Crippen LogP contribution in [0.25, 0.3) is 0 Å². The molecule has 0 amide bonds. The molecule has 2 aromatic carbocycles. The maximum atomic E-state index is 13.2. The summed E-state index contributed by atoms with van der Waals surface area (Å²) in [6.07, 6.45) is 0. The highest BCUT2D eigenvalue weighted by molar-refractivity contribution is 9.10. The molecule has 0 saturated heterocycles. The number of benzene rings is 2. The zero-order chi connectivity index (χ0) is 15.6. The molecule has 0 spiro atoms. The van der Waals surface area contributed by atoms with E-state index in [0.717, 1.165) is 11.1 Å². The van der Waals surface area contributed by atoms with E-state index in [4.69, 9.17) is 9.88 Å². The second-order valence-corrected chi connectivity index (χ2v) is 6.91. The predicted molar refractivity (Wildman–Crippen MR) is 81.0 cm³/mol. The van der Waals surface area contributed by atoms with Gasteiger partial charge in [0.05, 0.1) is 9.37 Å². The van der Waals surface area contributed by atoms with Crippen LogP contribution in [0.3, 0.4) is 0 Å². The molecule has 2 rings (SSSR count). The van der Waals surface area contributed by atoms with Gasteiger partial charge in [0.1, 0.15) is 18.2 Å². The number of aryl methyl sites for hydroxylation is 1. The topological polar surface area (TPSA) is 69.4 Å². The van der Waals surface area contributed by atoms with Gasteiger partial charge < -0.3 is 4.74 Å². The Labute approximate surface area is 130 Å². The summed E-state index contributed by atoms with van der Waals surface area (Å²) in [4.78, 5) is -0.0105. The molecule has 21 heavy (non-hydrogen) atoms. The van der Waals surface area contributed by atoms with Crippen LogP contribution in [-0.2, 0) is 16.6 Å². The second-order valence-electron chi connectivity index (χ2n) is 4.50. The first kappa shape index (κ1) is 15.9. The van der Waals surface area contributed by atoms with Gasteiger partial charge in [-0.3, -0.25) is 0 Å². The first-order valence-electron chi connectivity index (χ1n) is 5.97. The average molecular weight is 374 g/mol. The van der Waals surface area contributed by atoms with Crippen molar-refractivity contribution in [2.45, 2.75) is 18.4 Å². The van der Waals surface area contributed by atoms with Gasteiger partial charge in [0.15, 0.2) is 0 Å². The molecule has 2 N–H and O–H groups in total. The van der Waals surface area contributed by atoms with Crippen LogP contribution < -0.4 is 9.88 Å². The minimum absolute atomic E-state index is 0.0105. The quantitative estimate of drug-likeness (QED) is 0.894. The number of primary sulfonamides is 1. The lowest BCUT2D eigenvalue weighted by Crippen LogP contribution is -2.12. The summed E-state index contributed by atoms with van der Waals surface area (Å²) < 4.78 is 41.7. The summed E-state index contributed by atoms with van der Waals surface area (Å²) >= 11 is 3.23. The van der Waals surface area contributed by atoms with E-state index in [2.05, 4.69) is 15.9 Å². The number of ether oxygens (including phenoxy) is 1. The minimum Gasteiger partial charge on any atom is -0.488 e. The molecule has 0 aliphatic rings. The highest BCUT2D eigenvalue weighted by Gasteiger charge is 2.11. The number of rotatable bonds is 4. The number of halogens is 2. The largest absolute Gasteiger partial charge is 0.488 e. The normalized spacial score (nSPS) is 11.4. The van der Waals surface area contributed by atoms with Crippen molar-refractivity contribution < 1.29 is 17.5 Å². The molecule has 0 bridgehead atoms. The minimum atomic E-state index is -3.76. The molecule has 0 atom stereocenters. The number of hydrogen-bond donors (Lipinski definition) is 1. The van der Waals surface area contributed by atoms with Gasteiger partial charge in [0, 0.05) is 0 Å². The van der Waals surface area contributed by atoms with Crippen molar-refractivity contribution in [3.05, 3.63) is 57.8 Å². The monoisotopic (exact) mass is 373 g/mol. The van der Waals surface area contributed by atoms with E-state index in [0.29, 0.717) is 10.2 Å². The van der Waals surface area contributed by atoms with Gasteiger partial charge in [0.2, 0.25) is 10.0 Å². The molecule has 2 aromatic rings. The Bertz CT molecular complexity index is 778. The maximum Gasteiger partial charge on any atom is 0.238 e. The van der Waals surface area contributed by atoms with Crippen molar-refractivity contribution >= 4 is 26.0 Å². The van der Waals surface area contributed by atoms with Crippen molar-refractivity contribution in [3.63, 3.8) is 0 Å². The average Bonchev–Trinajstić information content (AvgIpc) is 2.40. The van der Waals surface area contributed by atoms with Crippen LogP contribution in [0.5, 0.6) is 5.75 Å². The van der Waals surface area contributed by atoms with Crippen molar-refractivity contribution in [2.75, 3.05) is 0 Å². The fourth-order valence-electron chi connectivity index (χ4n) is 1.73. The zero-order valence-corrected chi connectivity index (χ0v) is 13.5. The molecule has 0 saturated carbocycles. The van der Waals surface area contributed by atoms with E-state index in [-0.39, 0.29) is 17.3 Å². The van der Waals surface area contributed by atoms with Gasteiger partial charge in [0.25, 0.3) is 0 Å². The molecule has 0 unspecified atom stereocenters. The van der Waals surface area contributed by atoms with Crippen molar-refractivity contribution in [2.24, 2.45) is 5.14 Å². The van der Waals surface area contributed by atoms with Crippen molar-refractivity contribution in [3.8, 4) is 5.75 Å². The third-order valence-corrected chi connectivity index (χ3v) is 4.46. The fraction of sp³-hybridized carbons (Fsp3) is 0.143. The number of hydrogen-bond acceptors (Lipinski definition) is 3. The summed E-state index contributed by atoms with van der Waals surface area (Å²) in [7, 11) is -3.76. The first-order valence-corrected chi connectivity index (χ1v) is 8.31. The summed E-state index contributed by atoms with van der Waals surface area (Å²) in [5.74, 6) is 0.119. The van der Waals surface area contributed by atoms with Gasteiger partial charge in [-0.25, -0.2) is 17.9 Å². The summed E-state index contributed by atoms with van der Waals surface area (Å²) in [5.41, 5.74) is 1.63. The number of nitrogens with two attached hydrogens (primary N) is 1. The van der Waals surface area contributed by atoms with Crippen molar-refractivity contribution in [1.82, 2.24) is 0 Å². The van der Waals surface area contributed by atoms with Gasteiger partial charge in [-0.1, -0.05) is 6.07 Å². The highest BCUT2D eigenvalue weighted by Crippen LogP contribution is 2.28. The van der Waals surface area contributed by atoms with E-state index in [1.807, 2.05) is 6.92 Å². The van der Waals surface area contributed by atoms with Crippen LogP contribution in [0.4, 0.5) is 4.39 Å². The Hall–Kier alpha value is -1.44. The van der Waals surface area contributed by atoms with Crippen LogP contribution in [-0.4, -0.2) is 8.42 Å². The molecular weight excluding hydrogens is 361 g/mol. The van der Waals surface area contributed by atoms with E-state index < -0.39 is 10.0 Å². The van der Waals surface area contributed by atoms with Crippen LogP contribution >= 0.6 is 15.9 Å². The molecule has 4 nitrogen and oxygen atoms in total. The lowest BCUT2D eigenvalue weighted by atomic mass is 10.1. The van der Waals surface area contributed by atoms with Crippen molar-refractivity contribution in [1.29, 1.82) is 0 Å². The van der Waals surface area contributed by atoms with Crippen LogP contribution in [0.1, 0.15) is 11.1 Å². The first-order chi connectivity index (χ1) is 9.77. The highest BCUT2D eigenvalue weighted by atomic mass is 79.9. The van der Waals surface area contributed by atoms with E-state index in [1.165, 1.54) is 30.3 Å². The summed E-state index contributed by atoms with van der Waals surface area (Å²) in [5, 5.41) is 5.05. The SMILES string of the molecule is Cc1ccc(F)cc1COc1ccc(S(N)(=O)=O)cc1Br. The molecule has 0 heterocycles. The van der Waals surface area contributed by atoms with Crippen LogP contribution in [0.15, 0.2) is 45.8 Å². The molecular formula is C14H13BrFNO3S. The maximum absolute atomic E-state index is 13.2. The Morgan fingerprint density at radius 3 is 2.57 bits per heavy atom. The predicted octanol–water partition coefficient (Wildman–Crippen LogP) is 3.12. The third-order valence-electron chi connectivity index (χ3n) is 2.93. The molecule has 0 aliphatic carbocycles. The van der Waals surface area contributed by atoms with Gasteiger partial charge >= 0.3 is 0 Å². The molecule has 7 heteroatoms. The Morgan fingerprint density at radius 2 is 1.95 bits per heavy atom. The summed E-state index contributed by atoms with van der Waals surface area (Å²) in [6, 6.07) is 8.68. The van der Waals surface area contributed by atoms with E-state index in [1.54, 1.807) is 6.07 Å². The standard InChI is InChI=1S/C14H13BrFNO3S/c1-9-2-3-11(16)6-10(9)8-20-14-5-4-12(7-13(14)15)21(17,18)19/h2-7H,8H2,1H3,(H2,17,18,19). The Kier molecular flexibility index (Phi) is 4.65. The zero-order valence-electron chi connectivity index (χ0n) is 11.1.